The van der Waals surface area contributed by atoms with Gasteiger partial charge in [0.1, 0.15) is 11.8 Å². The normalized spacial score (nSPS) is 16.3. The SMILES string of the molecule is CCCCc1ccc(C(=O)N2CCCCC2c2nc(-c3ccc(OC)cc3)no2)cc1. The Morgan fingerprint density at radius 2 is 1.90 bits per heavy atom. The molecule has 0 bridgehead atoms. The number of benzene rings is 2. The summed E-state index contributed by atoms with van der Waals surface area (Å²) in [5, 5.41) is 4.16. The first kappa shape index (κ1) is 21.1. The molecule has 0 radical (unpaired) electrons. The van der Waals surface area contributed by atoms with Crippen LogP contribution < -0.4 is 4.74 Å². The summed E-state index contributed by atoms with van der Waals surface area (Å²) >= 11 is 0. The number of aryl methyl sites for hydroxylation is 1. The van der Waals surface area contributed by atoms with E-state index in [1.807, 2.05) is 41.3 Å². The van der Waals surface area contributed by atoms with Gasteiger partial charge in [0.2, 0.25) is 11.7 Å². The molecule has 0 spiro atoms. The van der Waals surface area contributed by atoms with Gasteiger partial charge in [-0.15, -0.1) is 0 Å². The number of rotatable bonds is 7. The molecule has 0 saturated carbocycles. The van der Waals surface area contributed by atoms with Gasteiger partial charge in [0.15, 0.2) is 0 Å². The summed E-state index contributed by atoms with van der Waals surface area (Å²) in [6.07, 6.45) is 6.22. The van der Waals surface area contributed by atoms with Gasteiger partial charge in [-0.3, -0.25) is 4.79 Å². The largest absolute Gasteiger partial charge is 0.497 e. The highest BCUT2D eigenvalue weighted by Crippen LogP contribution is 2.32. The number of unbranched alkanes of at least 4 members (excludes halogenated alkanes) is 1. The molecule has 0 aliphatic carbocycles. The molecule has 6 nitrogen and oxygen atoms in total. The van der Waals surface area contributed by atoms with Crippen molar-refractivity contribution in [2.24, 2.45) is 0 Å². The van der Waals surface area contributed by atoms with Crippen LogP contribution in [-0.4, -0.2) is 34.6 Å². The van der Waals surface area contributed by atoms with Crippen molar-refractivity contribution in [2.75, 3.05) is 13.7 Å². The molecule has 1 aromatic heterocycles. The Labute approximate surface area is 183 Å². The molecule has 0 N–H and O–H groups in total. The zero-order valence-electron chi connectivity index (χ0n) is 18.2. The maximum absolute atomic E-state index is 13.3. The van der Waals surface area contributed by atoms with Gasteiger partial charge in [-0.25, -0.2) is 0 Å². The molecule has 1 aliphatic heterocycles. The minimum Gasteiger partial charge on any atom is -0.497 e. The fourth-order valence-corrected chi connectivity index (χ4v) is 4.02. The number of amides is 1. The number of likely N-dealkylation sites (tertiary alicyclic amines) is 1. The fraction of sp³-hybridized carbons (Fsp3) is 0.400. The number of piperidine rings is 1. The van der Waals surface area contributed by atoms with Gasteiger partial charge in [-0.2, -0.15) is 4.98 Å². The van der Waals surface area contributed by atoms with E-state index in [0.717, 1.165) is 43.4 Å². The number of hydrogen-bond acceptors (Lipinski definition) is 5. The molecule has 1 saturated heterocycles. The van der Waals surface area contributed by atoms with Gasteiger partial charge in [-0.1, -0.05) is 30.6 Å². The van der Waals surface area contributed by atoms with Crippen molar-refractivity contribution in [3.05, 3.63) is 65.5 Å². The van der Waals surface area contributed by atoms with Crippen LogP contribution in [0.15, 0.2) is 53.1 Å². The molecule has 4 rings (SSSR count). The molecular weight excluding hydrogens is 390 g/mol. The molecule has 1 fully saturated rings. The van der Waals surface area contributed by atoms with Crippen molar-refractivity contribution in [1.82, 2.24) is 15.0 Å². The summed E-state index contributed by atoms with van der Waals surface area (Å²) in [7, 11) is 1.63. The van der Waals surface area contributed by atoms with E-state index in [2.05, 4.69) is 29.2 Å². The Morgan fingerprint density at radius 1 is 1.13 bits per heavy atom. The van der Waals surface area contributed by atoms with Crippen LogP contribution in [-0.2, 0) is 6.42 Å². The number of methoxy groups -OCH3 is 1. The second-order valence-electron chi connectivity index (χ2n) is 8.00. The summed E-state index contributed by atoms with van der Waals surface area (Å²) in [5.41, 5.74) is 2.84. The molecule has 1 amide bonds. The molecule has 1 atom stereocenters. The number of nitrogens with zero attached hydrogens (tertiary/aromatic N) is 3. The van der Waals surface area contributed by atoms with Crippen LogP contribution in [0.25, 0.3) is 11.4 Å². The average molecular weight is 420 g/mol. The molecule has 2 aromatic carbocycles. The van der Waals surface area contributed by atoms with Gasteiger partial charge < -0.3 is 14.2 Å². The van der Waals surface area contributed by atoms with Crippen molar-refractivity contribution in [3.63, 3.8) is 0 Å². The summed E-state index contributed by atoms with van der Waals surface area (Å²) in [6.45, 7) is 2.88. The zero-order valence-corrected chi connectivity index (χ0v) is 18.2. The lowest BCUT2D eigenvalue weighted by Gasteiger charge is -2.33. The third kappa shape index (κ3) is 4.79. The lowest BCUT2D eigenvalue weighted by atomic mass is 10.00. The van der Waals surface area contributed by atoms with E-state index in [1.165, 1.54) is 12.0 Å². The number of ether oxygens (including phenoxy) is 1. The molecule has 31 heavy (non-hydrogen) atoms. The number of carbonyl (C=O) groups excluding carboxylic acids is 1. The maximum atomic E-state index is 13.3. The van der Waals surface area contributed by atoms with Gasteiger partial charge in [0, 0.05) is 17.7 Å². The lowest BCUT2D eigenvalue weighted by Crippen LogP contribution is -2.38. The third-order valence-corrected chi connectivity index (χ3v) is 5.86. The first-order chi connectivity index (χ1) is 15.2. The maximum Gasteiger partial charge on any atom is 0.254 e. The average Bonchev–Trinajstić information content (AvgIpc) is 3.33. The Hall–Kier alpha value is -3.15. The van der Waals surface area contributed by atoms with Gasteiger partial charge in [0.05, 0.1) is 7.11 Å². The van der Waals surface area contributed by atoms with Crippen LogP contribution >= 0.6 is 0 Å². The van der Waals surface area contributed by atoms with Gasteiger partial charge in [-0.05, 0) is 74.1 Å². The van der Waals surface area contributed by atoms with Crippen LogP contribution in [0, 0.1) is 0 Å². The highest BCUT2D eigenvalue weighted by molar-refractivity contribution is 5.94. The predicted molar refractivity (Wildman–Crippen MR) is 119 cm³/mol. The van der Waals surface area contributed by atoms with Crippen molar-refractivity contribution in [3.8, 4) is 17.1 Å². The third-order valence-electron chi connectivity index (χ3n) is 5.86. The van der Waals surface area contributed by atoms with Crippen LogP contribution in [0.4, 0.5) is 0 Å². The minimum absolute atomic E-state index is 0.0240. The molecule has 1 unspecified atom stereocenters. The fourth-order valence-electron chi connectivity index (χ4n) is 4.02. The standard InChI is InChI=1S/C25H29N3O3/c1-3-4-7-18-9-11-20(12-10-18)25(29)28-17-6-5-8-22(28)24-26-23(27-31-24)19-13-15-21(30-2)16-14-19/h9-16,22H,3-8,17H2,1-2H3. The topological polar surface area (TPSA) is 68.5 Å². The van der Waals surface area contributed by atoms with Crippen molar-refractivity contribution in [1.29, 1.82) is 0 Å². The second-order valence-corrected chi connectivity index (χ2v) is 8.00. The predicted octanol–water partition coefficient (Wildman–Crippen LogP) is 5.46. The number of carbonyl (C=O) groups is 1. The summed E-state index contributed by atoms with van der Waals surface area (Å²) in [5.74, 6) is 1.82. The van der Waals surface area contributed by atoms with E-state index in [9.17, 15) is 4.79 Å². The van der Waals surface area contributed by atoms with Gasteiger partial charge >= 0.3 is 0 Å². The minimum atomic E-state index is -0.194. The highest BCUT2D eigenvalue weighted by atomic mass is 16.5. The molecule has 6 heteroatoms. The molecule has 162 valence electrons. The lowest BCUT2D eigenvalue weighted by molar-refractivity contribution is 0.0561. The smallest absolute Gasteiger partial charge is 0.254 e. The zero-order chi connectivity index (χ0) is 21.6. The van der Waals surface area contributed by atoms with E-state index in [1.54, 1.807) is 7.11 Å². The monoisotopic (exact) mass is 419 g/mol. The second kappa shape index (κ2) is 9.77. The first-order valence-corrected chi connectivity index (χ1v) is 11.1. The highest BCUT2D eigenvalue weighted by Gasteiger charge is 2.32. The van der Waals surface area contributed by atoms with Crippen LogP contribution in [0.5, 0.6) is 5.75 Å². The van der Waals surface area contributed by atoms with Crippen molar-refractivity contribution >= 4 is 5.91 Å². The number of hydrogen-bond donors (Lipinski definition) is 0. The van der Waals surface area contributed by atoms with E-state index in [4.69, 9.17) is 9.26 Å². The van der Waals surface area contributed by atoms with Crippen LogP contribution in [0.1, 0.15) is 66.9 Å². The molecular formula is C25H29N3O3. The van der Waals surface area contributed by atoms with Gasteiger partial charge in [0.25, 0.3) is 5.91 Å². The number of aromatic nitrogens is 2. The molecule has 3 aromatic rings. The summed E-state index contributed by atoms with van der Waals surface area (Å²) in [4.78, 5) is 19.8. The quantitative estimate of drug-likeness (QED) is 0.509. The van der Waals surface area contributed by atoms with Crippen LogP contribution in [0.3, 0.4) is 0 Å². The van der Waals surface area contributed by atoms with Crippen LogP contribution in [0.2, 0.25) is 0 Å². The van der Waals surface area contributed by atoms with Crippen molar-refractivity contribution in [2.45, 2.75) is 51.5 Å². The summed E-state index contributed by atoms with van der Waals surface area (Å²) in [6, 6.07) is 15.4. The Bertz CT molecular complexity index is 996. The Morgan fingerprint density at radius 3 is 2.61 bits per heavy atom. The first-order valence-electron chi connectivity index (χ1n) is 11.1. The Kier molecular flexibility index (Phi) is 6.65. The molecule has 2 heterocycles. The van der Waals surface area contributed by atoms with E-state index < -0.39 is 0 Å². The van der Waals surface area contributed by atoms with E-state index in [-0.39, 0.29) is 11.9 Å². The van der Waals surface area contributed by atoms with E-state index in [0.29, 0.717) is 23.8 Å². The van der Waals surface area contributed by atoms with Crippen molar-refractivity contribution < 1.29 is 14.1 Å². The summed E-state index contributed by atoms with van der Waals surface area (Å²) < 4.78 is 10.8. The molecule has 1 aliphatic rings. The van der Waals surface area contributed by atoms with E-state index >= 15 is 0 Å². The Balaban J connectivity index is 1.52.